The van der Waals surface area contributed by atoms with Gasteiger partial charge in [-0.05, 0) is 40.2 Å². The summed E-state index contributed by atoms with van der Waals surface area (Å²) in [6.45, 7) is 9.45. The van der Waals surface area contributed by atoms with Crippen LogP contribution in [0.5, 0.6) is 5.75 Å². The number of ether oxygens (including phenoxy) is 2. The smallest absolute Gasteiger partial charge is 0.410 e. The van der Waals surface area contributed by atoms with Crippen molar-refractivity contribution in [2.75, 3.05) is 24.6 Å². The second-order valence-electron chi connectivity index (χ2n) is 9.58. The zero-order valence-electron chi connectivity index (χ0n) is 19.7. The summed E-state index contributed by atoms with van der Waals surface area (Å²) in [5.74, 6) is 1.40. The van der Waals surface area contributed by atoms with Crippen molar-refractivity contribution in [3.63, 3.8) is 0 Å². The van der Waals surface area contributed by atoms with Crippen molar-refractivity contribution in [2.24, 2.45) is 0 Å². The van der Waals surface area contributed by atoms with Gasteiger partial charge in [-0.1, -0.05) is 0 Å². The first kappa shape index (κ1) is 21.9. The summed E-state index contributed by atoms with van der Waals surface area (Å²) in [6.07, 6.45) is 7.46. The van der Waals surface area contributed by atoms with Crippen LogP contribution < -0.4 is 9.64 Å². The molecule has 2 bridgehead atoms. The number of carbonyl (C=O) groups excluding carboxylic acids is 1. The monoisotopic (exact) mass is 461 g/mol. The van der Waals surface area contributed by atoms with Crippen LogP contribution in [0.2, 0.25) is 0 Å². The van der Waals surface area contributed by atoms with E-state index in [1.807, 2.05) is 38.7 Å². The first-order chi connectivity index (χ1) is 16.3. The number of anilines is 1. The van der Waals surface area contributed by atoms with E-state index in [4.69, 9.17) is 9.47 Å². The number of piperazine rings is 1. The minimum Gasteiger partial charge on any atom is -0.492 e. The largest absolute Gasteiger partial charge is 0.492 e. The number of carbonyl (C=O) groups is 1. The van der Waals surface area contributed by atoms with Crippen LogP contribution in [0.4, 0.5) is 10.6 Å². The molecule has 3 aromatic rings. The highest BCUT2D eigenvalue weighted by atomic mass is 16.6. The van der Waals surface area contributed by atoms with Gasteiger partial charge < -0.3 is 14.4 Å². The van der Waals surface area contributed by atoms with E-state index >= 15 is 0 Å². The highest BCUT2D eigenvalue weighted by molar-refractivity contribution is 5.83. The fourth-order valence-corrected chi connectivity index (χ4v) is 4.65. The Balaban J connectivity index is 1.37. The standard InChI is InChI=1S/C24H27N7O3/c1-5-33-18-7-19(22-15(8-25)9-28-30(22)14-18)20-10-27-21(11-26-20)29-12-16-6-17(13-29)31(16)23(32)34-24(2,3)4/h7,9-11,14,16-17H,5-6,12-13H2,1-4H3. The zero-order chi connectivity index (χ0) is 24.0. The van der Waals surface area contributed by atoms with E-state index in [1.54, 1.807) is 23.1 Å². The van der Waals surface area contributed by atoms with Crippen LogP contribution in [0, 0.1) is 11.3 Å². The van der Waals surface area contributed by atoms with Crippen LogP contribution >= 0.6 is 0 Å². The molecule has 3 fully saturated rings. The summed E-state index contributed by atoms with van der Waals surface area (Å²) in [5, 5.41) is 13.8. The van der Waals surface area contributed by atoms with E-state index in [-0.39, 0.29) is 18.2 Å². The highest BCUT2D eigenvalue weighted by Gasteiger charge is 2.49. The molecule has 34 heavy (non-hydrogen) atoms. The van der Waals surface area contributed by atoms with E-state index in [0.717, 1.165) is 17.8 Å². The molecule has 0 spiro atoms. The van der Waals surface area contributed by atoms with E-state index in [2.05, 4.69) is 26.0 Å². The number of amides is 1. The van der Waals surface area contributed by atoms with Crippen LogP contribution in [0.15, 0.2) is 30.9 Å². The lowest BCUT2D eigenvalue weighted by molar-refractivity contribution is -0.0380. The van der Waals surface area contributed by atoms with Crippen LogP contribution in [-0.4, -0.2) is 68.0 Å². The molecule has 0 N–H and O–H groups in total. The van der Waals surface area contributed by atoms with E-state index in [0.29, 0.717) is 42.2 Å². The van der Waals surface area contributed by atoms with Gasteiger partial charge in [0, 0.05) is 18.7 Å². The maximum absolute atomic E-state index is 12.5. The van der Waals surface area contributed by atoms with Gasteiger partial charge in [-0.3, -0.25) is 9.88 Å². The minimum absolute atomic E-state index is 0.113. The molecule has 3 aromatic heterocycles. The Morgan fingerprint density at radius 3 is 2.59 bits per heavy atom. The first-order valence-electron chi connectivity index (χ1n) is 11.4. The van der Waals surface area contributed by atoms with Gasteiger partial charge in [0.15, 0.2) is 0 Å². The molecule has 10 heteroatoms. The van der Waals surface area contributed by atoms with Crippen molar-refractivity contribution in [2.45, 2.75) is 51.8 Å². The second-order valence-corrected chi connectivity index (χ2v) is 9.58. The lowest BCUT2D eigenvalue weighted by atomic mass is 9.88. The number of hydrogen-bond acceptors (Lipinski definition) is 8. The normalized spacial score (nSPS) is 19.5. The molecule has 0 radical (unpaired) electrons. The summed E-state index contributed by atoms with van der Waals surface area (Å²) in [4.78, 5) is 25.9. The molecule has 6 rings (SSSR count). The second kappa shape index (κ2) is 8.17. The van der Waals surface area contributed by atoms with Crippen molar-refractivity contribution in [1.29, 1.82) is 5.26 Å². The number of piperidine rings is 1. The molecule has 2 atom stereocenters. The molecular formula is C24H27N7O3. The van der Waals surface area contributed by atoms with Crippen LogP contribution in [0.1, 0.15) is 39.7 Å². The summed E-state index contributed by atoms with van der Waals surface area (Å²) in [5.41, 5.74) is 1.98. The Morgan fingerprint density at radius 1 is 1.21 bits per heavy atom. The number of pyridine rings is 1. The van der Waals surface area contributed by atoms with Crippen LogP contribution in [-0.2, 0) is 4.74 Å². The minimum atomic E-state index is -0.506. The molecule has 10 nitrogen and oxygen atoms in total. The zero-order valence-corrected chi connectivity index (χ0v) is 19.7. The fraction of sp³-hybridized carbons (Fsp3) is 0.458. The summed E-state index contributed by atoms with van der Waals surface area (Å²) >= 11 is 0. The Labute approximate surface area is 197 Å². The fourth-order valence-electron chi connectivity index (χ4n) is 4.65. The first-order valence-corrected chi connectivity index (χ1v) is 11.4. The average molecular weight is 462 g/mol. The molecule has 0 aliphatic carbocycles. The Kier molecular flexibility index (Phi) is 5.27. The van der Waals surface area contributed by atoms with Crippen molar-refractivity contribution >= 4 is 17.4 Å². The maximum atomic E-state index is 12.5. The van der Waals surface area contributed by atoms with E-state index < -0.39 is 5.60 Å². The van der Waals surface area contributed by atoms with Crippen LogP contribution in [0.3, 0.4) is 0 Å². The van der Waals surface area contributed by atoms with Gasteiger partial charge in [-0.25, -0.2) is 14.3 Å². The number of aromatic nitrogens is 4. The number of rotatable bonds is 4. The van der Waals surface area contributed by atoms with Crippen molar-refractivity contribution in [3.8, 4) is 23.1 Å². The quantitative estimate of drug-likeness (QED) is 0.582. The van der Waals surface area contributed by atoms with Crippen LogP contribution in [0.25, 0.3) is 16.8 Å². The number of nitriles is 1. The van der Waals surface area contributed by atoms with Gasteiger partial charge in [0.05, 0.1) is 60.3 Å². The molecule has 0 saturated carbocycles. The molecular weight excluding hydrogens is 434 g/mol. The lowest BCUT2D eigenvalue weighted by Crippen LogP contribution is -2.70. The number of hydrogen-bond donors (Lipinski definition) is 0. The van der Waals surface area contributed by atoms with Crippen molar-refractivity contribution < 1.29 is 14.3 Å². The maximum Gasteiger partial charge on any atom is 0.410 e. The average Bonchev–Trinajstić information content (AvgIpc) is 3.21. The summed E-state index contributed by atoms with van der Waals surface area (Å²) in [6, 6.07) is 4.28. The topological polar surface area (TPSA) is 109 Å². The molecule has 3 saturated heterocycles. The molecule has 2 unspecified atom stereocenters. The third-order valence-electron chi connectivity index (χ3n) is 6.05. The summed E-state index contributed by atoms with van der Waals surface area (Å²) < 4.78 is 12.9. The van der Waals surface area contributed by atoms with E-state index in [9.17, 15) is 10.1 Å². The SMILES string of the molecule is CCOc1cc(-c2cnc(N3CC4CC(C3)N4C(=O)OC(C)(C)C)cn2)c2c(C#N)cnn2c1. The Morgan fingerprint density at radius 2 is 1.97 bits per heavy atom. The van der Waals surface area contributed by atoms with Gasteiger partial charge in [-0.15, -0.1) is 0 Å². The Hall–Kier alpha value is -3.87. The lowest BCUT2D eigenvalue weighted by Gasteiger charge is -2.55. The molecule has 3 aliphatic rings. The highest BCUT2D eigenvalue weighted by Crippen LogP contribution is 2.36. The third kappa shape index (κ3) is 3.87. The van der Waals surface area contributed by atoms with Gasteiger partial charge in [-0.2, -0.15) is 10.4 Å². The van der Waals surface area contributed by atoms with Gasteiger partial charge >= 0.3 is 6.09 Å². The predicted octanol–water partition coefficient (Wildman–Crippen LogP) is 3.26. The molecule has 176 valence electrons. The summed E-state index contributed by atoms with van der Waals surface area (Å²) in [7, 11) is 0. The van der Waals surface area contributed by atoms with Crippen molar-refractivity contribution in [3.05, 3.63) is 36.4 Å². The molecule has 3 aliphatic heterocycles. The molecule has 1 amide bonds. The predicted molar refractivity (Wildman–Crippen MR) is 125 cm³/mol. The van der Waals surface area contributed by atoms with Gasteiger partial charge in [0.25, 0.3) is 0 Å². The molecule has 0 aromatic carbocycles. The number of fused-ring (bicyclic) bond motifs is 3. The molecule has 6 heterocycles. The van der Waals surface area contributed by atoms with Gasteiger partial charge in [0.1, 0.15) is 23.2 Å². The number of nitrogens with zero attached hydrogens (tertiary/aromatic N) is 7. The Bertz CT molecular complexity index is 1260. The van der Waals surface area contributed by atoms with E-state index in [1.165, 1.54) is 6.20 Å². The van der Waals surface area contributed by atoms with Gasteiger partial charge in [0.2, 0.25) is 0 Å². The third-order valence-corrected chi connectivity index (χ3v) is 6.05. The van der Waals surface area contributed by atoms with Crippen molar-refractivity contribution in [1.82, 2.24) is 24.5 Å².